The highest BCUT2D eigenvalue weighted by Gasteiger charge is 2.21. The largest absolute Gasteiger partial charge is 0.492 e. The average molecular weight is 333 g/mol. The number of hydrogen-bond donors (Lipinski definition) is 1. The molecule has 100 valence electrons. The van der Waals surface area contributed by atoms with Crippen LogP contribution in [-0.4, -0.2) is 25.1 Å². The average Bonchev–Trinajstić information content (AvgIpc) is 2.77. The molecule has 1 aliphatic rings. The number of nitrogens with one attached hydrogen (secondary N) is 1. The van der Waals surface area contributed by atoms with Gasteiger partial charge in [0.2, 0.25) is 0 Å². The van der Waals surface area contributed by atoms with E-state index in [-0.39, 0.29) is 0 Å². The zero-order valence-corrected chi connectivity index (χ0v) is 12.7. The van der Waals surface area contributed by atoms with Crippen LogP contribution in [0.2, 0.25) is 0 Å². The summed E-state index contributed by atoms with van der Waals surface area (Å²) in [7, 11) is 0. The fraction of sp³-hybridized carbons (Fsp3) is 0.571. The molecule has 0 saturated heterocycles. The lowest BCUT2D eigenvalue weighted by atomic mass is 10.1. The van der Waals surface area contributed by atoms with E-state index in [1.807, 2.05) is 24.3 Å². The Hall–Kier alpha value is -0.250. The van der Waals surface area contributed by atoms with E-state index < -0.39 is 0 Å². The first-order chi connectivity index (χ1) is 8.74. The predicted molar refractivity (Wildman–Crippen MR) is 79.5 cm³/mol. The Morgan fingerprint density at radius 2 is 2.06 bits per heavy atom. The maximum absolute atomic E-state index is 6.08. The number of rotatable bonds is 6. The van der Waals surface area contributed by atoms with E-state index in [2.05, 4.69) is 21.2 Å². The Morgan fingerprint density at radius 3 is 2.72 bits per heavy atom. The molecule has 18 heavy (non-hydrogen) atoms. The summed E-state index contributed by atoms with van der Waals surface area (Å²) >= 11 is 9.49. The van der Waals surface area contributed by atoms with Crippen LogP contribution in [0.1, 0.15) is 19.3 Å². The Kier molecular flexibility index (Phi) is 5.80. The van der Waals surface area contributed by atoms with Crippen molar-refractivity contribution >= 4 is 27.5 Å². The third-order valence-corrected chi connectivity index (χ3v) is 4.20. The van der Waals surface area contributed by atoms with E-state index in [4.69, 9.17) is 16.3 Å². The zero-order valence-electron chi connectivity index (χ0n) is 10.4. The van der Waals surface area contributed by atoms with Gasteiger partial charge in [-0.3, -0.25) is 0 Å². The smallest absolute Gasteiger partial charge is 0.119 e. The number of hydrogen-bond acceptors (Lipinski definition) is 2. The van der Waals surface area contributed by atoms with Crippen LogP contribution < -0.4 is 10.1 Å². The van der Waals surface area contributed by atoms with Gasteiger partial charge in [-0.1, -0.05) is 15.9 Å². The lowest BCUT2D eigenvalue weighted by Crippen LogP contribution is -2.26. The highest BCUT2D eigenvalue weighted by Crippen LogP contribution is 2.28. The van der Waals surface area contributed by atoms with Crippen LogP contribution in [0.5, 0.6) is 5.75 Å². The fourth-order valence-electron chi connectivity index (χ4n) is 2.28. The molecule has 1 N–H and O–H groups in total. The molecule has 0 aromatic heterocycles. The van der Waals surface area contributed by atoms with Crippen molar-refractivity contribution in [2.45, 2.75) is 24.6 Å². The molecular weight excluding hydrogens is 314 g/mol. The fourth-order valence-corrected chi connectivity index (χ4v) is 2.92. The van der Waals surface area contributed by atoms with E-state index in [9.17, 15) is 0 Å². The number of alkyl halides is 1. The van der Waals surface area contributed by atoms with E-state index >= 15 is 0 Å². The first-order valence-electron chi connectivity index (χ1n) is 6.47. The number of halogens is 2. The van der Waals surface area contributed by atoms with Crippen LogP contribution in [0.4, 0.5) is 0 Å². The van der Waals surface area contributed by atoms with Gasteiger partial charge in [-0.25, -0.2) is 0 Å². The molecule has 2 nitrogen and oxygen atoms in total. The van der Waals surface area contributed by atoms with Crippen molar-refractivity contribution in [3.05, 3.63) is 28.7 Å². The first-order valence-corrected chi connectivity index (χ1v) is 7.70. The molecule has 0 amide bonds. The lowest BCUT2D eigenvalue weighted by molar-refractivity contribution is 0.309. The van der Waals surface area contributed by atoms with Gasteiger partial charge < -0.3 is 10.1 Å². The van der Waals surface area contributed by atoms with E-state index in [1.54, 1.807) is 0 Å². The molecule has 1 fully saturated rings. The highest BCUT2D eigenvalue weighted by molar-refractivity contribution is 9.10. The van der Waals surface area contributed by atoms with Crippen molar-refractivity contribution in [1.29, 1.82) is 0 Å². The van der Waals surface area contributed by atoms with Crippen LogP contribution >= 0.6 is 27.5 Å². The van der Waals surface area contributed by atoms with Gasteiger partial charge in [0.1, 0.15) is 12.4 Å². The molecule has 2 atom stereocenters. The van der Waals surface area contributed by atoms with Gasteiger partial charge in [-0.2, -0.15) is 0 Å². The molecular formula is C14H19BrClNO. The van der Waals surface area contributed by atoms with Gasteiger partial charge >= 0.3 is 0 Å². The van der Waals surface area contributed by atoms with E-state index in [1.165, 1.54) is 12.8 Å². The van der Waals surface area contributed by atoms with Gasteiger partial charge in [0.25, 0.3) is 0 Å². The maximum Gasteiger partial charge on any atom is 0.119 e. The van der Waals surface area contributed by atoms with Gasteiger partial charge in [-0.15, -0.1) is 11.6 Å². The Balaban J connectivity index is 1.55. The monoisotopic (exact) mass is 331 g/mol. The summed E-state index contributed by atoms with van der Waals surface area (Å²) in [6, 6.07) is 7.92. The van der Waals surface area contributed by atoms with Crippen LogP contribution in [0, 0.1) is 5.92 Å². The summed E-state index contributed by atoms with van der Waals surface area (Å²) in [5.74, 6) is 1.67. The van der Waals surface area contributed by atoms with Crippen LogP contribution in [0.25, 0.3) is 0 Å². The molecule has 0 spiro atoms. The predicted octanol–water partition coefficient (Wildman–Crippen LogP) is 3.83. The molecule has 1 aromatic carbocycles. The van der Waals surface area contributed by atoms with Crippen LogP contribution in [-0.2, 0) is 0 Å². The molecule has 2 rings (SSSR count). The highest BCUT2D eigenvalue weighted by atomic mass is 79.9. The maximum atomic E-state index is 6.08. The molecule has 0 bridgehead atoms. The molecule has 2 unspecified atom stereocenters. The summed E-state index contributed by atoms with van der Waals surface area (Å²) in [4.78, 5) is 0. The third kappa shape index (κ3) is 4.79. The molecule has 4 heteroatoms. The normalized spacial score (nSPS) is 23.2. The van der Waals surface area contributed by atoms with Crippen molar-refractivity contribution in [2.24, 2.45) is 5.92 Å². The molecule has 1 aliphatic carbocycles. The molecule has 0 radical (unpaired) electrons. The summed E-state index contributed by atoms with van der Waals surface area (Å²) in [5, 5.41) is 3.84. The third-order valence-electron chi connectivity index (χ3n) is 3.27. The SMILES string of the molecule is ClC1CCC(CNCCOc2ccc(Br)cc2)C1. The second kappa shape index (κ2) is 7.37. The Labute approximate surface area is 122 Å². The molecule has 0 heterocycles. The Morgan fingerprint density at radius 1 is 1.28 bits per heavy atom. The van der Waals surface area contributed by atoms with Crippen molar-refractivity contribution in [3.8, 4) is 5.75 Å². The van der Waals surface area contributed by atoms with E-state index in [0.717, 1.165) is 35.7 Å². The van der Waals surface area contributed by atoms with E-state index in [0.29, 0.717) is 12.0 Å². The zero-order chi connectivity index (χ0) is 12.8. The standard InChI is InChI=1S/C14H19BrClNO/c15-12-2-5-14(6-3-12)18-8-7-17-10-11-1-4-13(16)9-11/h2-3,5-6,11,13,17H,1,4,7-10H2. The first kappa shape index (κ1) is 14.2. The minimum atomic E-state index is 0.399. The van der Waals surface area contributed by atoms with Gasteiger partial charge in [0, 0.05) is 16.4 Å². The second-order valence-corrected chi connectivity index (χ2v) is 6.32. The summed E-state index contributed by atoms with van der Waals surface area (Å²) < 4.78 is 6.71. The molecule has 1 aromatic rings. The van der Waals surface area contributed by atoms with Crippen LogP contribution in [0.3, 0.4) is 0 Å². The minimum Gasteiger partial charge on any atom is -0.492 e. The quantitative estimate of drug-likeness (QED) is 0.631. The second-order valence-electron chi connectivity index (χ2n) is 4.78. The van der Waals surface area contributed by atoms with Crippen molar-refractivity contribution in [1.82, 2.24) is 5.32 Å². The summed E-state index contributed by atoms with van der Waals surface area (Å²) in [6.45, 7) is 2.66. The number of benzene rings is 1. The molecule has 1 saturated carbocycles. The van der Waals surface area contributed by atoms with Crippen LogP contribution in [0.15, 0.2) is 28.7 Å². The Bertz CT molecular complexity index is 357. The lowest BCUT2D eigenvalue weighted by Gasteiger charge is -2.11. The number of ether oxygens (including phenoxy) is 1. The van der Waals surface area contributed by atoms with Crippen molar-refractivity contribution < 1.29 is 4.74 Å². The summed E-state index contributed by atoms with van der Waals surface area (Å²) in [5.41, 5.74) is 0. The van der Waals surface area contributed by atoms with Crippen molar-refractivity contribution in [3.63, 3.8) is 0 Å². The minimum absolute atomic E-state index is 0.399. The molecule has 0 aliphatic heterocycles. The summed E-state index contributed by atoms with van der Waals surface area (Å²) in [6.07, 6.45) is 3.58. The topological polar surface area (TPSA) is 21.3 Å². The van der Waals surface area contributed by atoms with Gasteiger partial charge in [0.15, 0.2) is 0 Å². The van der Waals surface area contributed by atoms with Crippen molar-refractivity contribution in [2.75, 3.05) is 19.7 Å². The van der Waals surface area contributed by atoms with Gasteiger partial charge in [0.05, 0.1) is 0 Å². The van der Waals surface area contributed by atoms with Gasteiger partial charge in [-0.05, 0) is 56.0 Å².